The van der Waals surface area contributed by atoms with Gasteiger partial charge in [0.1, 0.15) is 72.9 Å². The molecule has 8 fully saturated rings. The molecule has 1 spiro atoms. The van der Waals surface area contributed by atoms with E-state index in [0.717, 1.165) is 38.6 Å². The van der Waals surface area contributed by atoms with Crippen LogP contribution < -0.4 is 5.32 Å². The van der Waals surface area contributed by atoms with Gasteiger partial charge in [-0.1, -0.05) is 39.3 Å². The maximum absolute atomic E-state index is 12.0. The van der Waals surface area contributed by atoms with Crippen molar-refractivity contribution < 1.29 is 79.1 Å². The van der Waals surface area contributed by atoms with Crippen LogP contribution in [0.4, 0.5) is 0 Å². The Balaban J connectivity index is 0.917. The number of aliphatic hydroxyl groups excluding tert-OH is 9. The van der Waals surface area contributed by atoms with Crippen molar-refractivity contribution in [2.24, 2.45) is 46.3 Å². The van der Waals surface area contributed by atoms with E-state index in [9.17, 15) is 46.0 Å². The zero-order chi connectivity index (χ0) is 44.2. The number of ether oxygens (including phenoxy) is 7. The van der Waals surface area contributed by atoms with Crippen LogP contribution in [0.25, 0.3) is 0 Å². The predicted octanol–water partition coefficient (Wildman–Crippen LogP) is -0.213. The number of nitrogens with one attached hydrogen (secondary N) is 1. The lowest BCUT2D eigenvalue weighted by Gasteiger charge is -2.59. The van der Waals surface area contributed by atoms with Gasteiger partial charge < -0.3 is 79.1 Å². The fourth-order valence-corrected chi connectivity index (χ4v) is 14.2. The second-order valence-electron chi connectivity index (χ2n) is 21.2. The molecule has 0 amide bonds. The molecule has 5 heterocycles. The van der Waals surface area contributed by atoms with E-state index in [1.165, 1.54) is 25.3 Å². The minimum atomic E-state index is -1.81. The van der Waals surface area contributed by atoms with E-state index in [0.29, 0.717) is 48.3 Å². The van der Waals surface area contributed by atoms with E-state index in [1.54, 1.807) is 0 Å². The number of piperidine rings is 1. The third-order valence-corrected chi connectivity index (χ3v) is 17.9. The lowest BCUT2D eigenvalue weighted by atomic mass is 9.47. The summed E-state index contributed by atoms with van der Waals surface area (Å²) in [5.74, 6) is 3.36. The lowest BCUT2D eigenvalue weighted by molar-refractivity contribution is -0.389. The van der Waals surface area contributed by atoms with Crippen LogP contribution in [-0.4, -0.2) is 176 Å². The van der Waals surface area contributed by atoms with Gasteiger partial charge in [-0.3, -0.25) is 5.32 Å². The van der Waals surface area contributed by atoms with Gasteiger partial charge in [0.15, 0.2) is 18.9 Å². The quantitative estimate of drug-likeness (QED) is 0.142. The molecule has 0 bridgehead atoms. The summed E-state index contributed by atoms with van der Waals surface area (Å²) in [6.45, 7) is 10.9. The Morgan fingerprint density at radius 2 is 1.37 bits per heavy atom. The Labute approximate surface area is 364 Å². The van der Waals surface area contributed by atoms with Crippen molar-refractivity contribution in [2.45, 2.75) is 202 Å². The van der Waals surface area contributed by atoms with Crippen LogP contribution in [0, 0.1) is 46.3 Å². The molecule has 354 valence electrons. The summed E-state index contributed by atoms with van der Waals surface area (Å²) in [6.07, 6.45) is -11.6. The summed E-state index contributed by atoms with van der Waals surface area (Å²) in [7, 11) is 0. The Morgan fingerprint density at radius 3 is 2.06 bits per heavy atom. The number of hydrogen-bond donors (Lipinski definition) is 10. The molecule has 17 nitrogen and oxygen atoms in total. The van der Waals surface area contributed by atoms with Gasteiger partial charge in [0.2, 0.25) is 0 Å². The first-order chi connectivity index (χ1) is 29.4. The third-order valence-electron chi connectivity index (χ3n) is 17.9. The SMILES string of the molecule is C[C@@H]1CC[C@@]2(NC1)O[C@H]1C[C@@H]3[C@@H]4CC=C5C[C@@H](O[C@@H]6O[C@H](CO)[C@@H](O[C@@H]7O[C@H](CO)[C@@H](O)[C@H](O)[C@H]7O)[C@H](O)[C@H]6O[C@@H]6O[C@@H](C)[C@H](O)[C@@H](O)[C@H]6O)CC[C@]5(C)[C@H]4CC[C@]3(C)[C@@H]1[C@@H]2C. The average Bonchev–Trinajstić information content (AvgIpc) is 3.70. The molecule has 62 heavy (non-hydrogen) atoms. The van der Waals surface area contributed by atoms with Crippen LogP contribution in [0.3, 0.4) is 0 Å². The van der Waals surface area contributed by atoms with Crippen LogP contribution >= 0.6 is 0 Å². The molecule has 5 saturated heterocycles. The molecule has 4 aliphatic carbocycles. The predicted molar refractivity (Wildman–Crippen MR) is 216 cm³/mol. The normalized spacial score (nSPS) is 57.6. The molecule has 9 rings (SSSR count). The maximum Gasteiger partial charge on any atom is 0.187 e. The average molecular weight is 884 g/mol. The third kappa shape index (κ3) is 7.49. The summed E-state index contributed by atoms with van der Waals surface area (Å²) in [5, 5.41) is 99.6. The molecule has 0 aromatic heterocycles. The topological polar surface area (TPSA) is 259 Å². The number of allylic oxidation sites excluding steroid dienone is 1. The summed E-state index contributed by atoms with van der Waals surface area (Å²) in [4.78, 5) is 0. The van der Waals surface area contributed by atoms with Crippen LogP contribution in [0.1, 0.15) is 92.4 Å². The van der Waals surface area contributed by atoms with Crippen LogP contribution in [0.5, 0.6) is 0 Å². The summed E-state index contributed by atoms with van der Waals surface area (Å²) < 4.78 is 43.5. The van der Waals surface area contributed by atoms with Crippen LogP contribution in [-0.2, 0) is 33.2 Å². The smallest absolute Gasteiger partial charge is 0.187 e. The fraction of sp³-hybridized carbons (Fsp3) is 0.956. The Hall–Kier alpha value is -0.940. The first-order valence-corrected chi connectivity index (χ1v) is 23.5. The number of hydrogen-bond acceptors (Lipinski definition) is 17. The van der Waals surface area contributed by atoms with Gasteiger partial charge in [-0.25, -0.2) is 0 Å². The molecule has 9 aliphatic rings. The largest absolute Gasteiger partial charge is 0.394 e. The van der Waals surface area contributed by atoms with Gasteiger partial charge in [0.05, 0.1) is 31.5 Å². The first-order valence-electron chi connectivity index (χ1n) is 23.5. The zero-order valence-electron chi connectivity index (χ0n) is 36.7. The van der Waals surface area contributed by atoms with Gasteiger partial charge >= 0.3 is 0 Å². The molecule has 26 atom stereocenters. The highest BCUT2D eigenvalue weighted by Crippen LogP contribution is 2.70. The molecule has 0 radical (unpaired) electrons. The van der Waals surface area contributed by atoms with Gasteiger partial charge in [-0.15, -0.1) is 0 Å². The molecule has 10 N–H and O–H groups in total. The fourth-order valence-electron chi connectivity index (χ4n) is 14.2. The van der Waals surface area contributed by atoms with Crippen molar-refractivity contribution in [2.75, 3.05) is 19.8 Å². The van der Waals surface area contributed by atoms with E-state index >= 15 is 0 Å². The maximum atomic E-state index is 12.0. The van der Waals surface area contributed by atoms with Crippen LogP contribution in [0.15, 0.2) is 11.6 Å². The van der Waals surface area contributed by atoms with Gasteiger partial charge in [-0.2, -0.15) is 0 Å². The van der Waals surface area contributed by atoms with Crippen molar-refractivity contribution >= 4 is 0 Å². The van der Waals surface area contributed by atoms with Gasteiger partial charge in [0.25, 0.3) is 0 Å². The molecule has 5 aliphatic heterocycles. The van der Waals surface area contributed by atoms with Crippen molar-refractivity contribution in [3.63, 3.8) is 0 Å². The van der Waals surface area contributed by atoms with Crippen molar-refractivity contribution in [3.05, 3.63) is 11.6 Å². The Kier molecular flexibility index (Phi) is 12.9. The van der Waals surface area contributed by atoms with E-state index in [-0.39, 0.29) is 28.8 Å². The van der Waals surface area contributed by atoms with Gasteiger partial charge in [0, 0.05) is 12.5 Å². The minimum Gasteiger partial charge on any atom is -0.394 e. The second-order valence-corrected chi connectivity index (χ2v) is 21.2. The second kappa shape index (κ2) is 17.3. The molecule has 0 aromatic carbocycles. The minimum absolute atomic E-state index is 0.0233. The molecular weight excluding hydrogens is 810 g/mol. The van der Waals surface area contributed by atoms with Crippen molar-refractivity contribution in [3.8, 4) is 0 Å². The first kappa shape index (κ1) is 46.2. The standard InChI is InChI=1S/C45H73NO16/c1-19-8-13-45(46-16-19)20(2)30-27(62-45)15-26-24-7-6-22-14-23(9-11-43(22,4)25(24)10-12-44(26,30)5)57-42-39(61-40-35(53)33(51)31(49)21(3)56-40)37(55)38(29(18-48)59-42)60-41-36(54)34(52)32(50)28(17-47)58-41/h6,19-21,23-42,46-55H,7-18H2,1-5H3/t19-,20+,21+,23+,24-,25+,26-,27+,28-,29-,30-,31+,32-,33-,34+,35-,36-,37+,38-,39-,40+,41+,42-,43+,44+,45-/m1/s1. The van der Waals surface area contributed by atoms with Crippen LogP contribution in [0.2, 0.25) is 0 Å². The molecular formula is C45H73NO16. The van der Waals surface area contributed by atoms with E-state index in [4.69, 9.17) is 33.2 Å². The summed E-state index contributed by atoms with van der Waals surface area (Å²) >= 11 is 0. The van der Waals surface area contributed by atoms with E-state index in [1.807, 2.05) is 0 Å². The molecule has 0 aromatic rings. The summed E-state index contributed by atoms with van der Waals surface area (Å²) in [5.41, 5.74) is 1.35. The molecule has 17 heteroatoms. The summed E-state index contributed by atoms with van der Waals surface area (Å²) in [6, 6.07) is 0. The Morgan fingerprint density at radius 1 is 0.694 bits per heavy atom. The number of rotatable bonds is 8. The zero-order valence-corrected chi connectivity index (χ0v) is 36.7. The van der Waals surface area contributed by atoms with E-state index in [2.05, 4.69) is 39.1 Å². The van der Waals surface area contributed by atoms with Gasteiger partial charge in [-0.05, 0) is 105 Å². The Bertz CT molecular complexity index is 1610. The number of aliphatic hydroxyl groups is 9. The lowest BCUT2D eigenvalue weighted by Crippen LogP contribution is -2.67. The van der Waals surface area contributed by atoms with Crippen molar-refractivity contribution in [1.82, 2.24) is 5.32 Å². The molecule has 3 saturated carbocycles. The molecule has 0 unspecified atom stereocenters. The monoisotopic (exact) mass is 883 g/mol. The number of fused-ring (bicyclic) bond motifs is 7. The highest BCUT2D eigenvalue weighted by Gasteiger charge is 2.68. The highest BCUT2D eigenvalue weighted by molar-refractivity contribution is 5.26. The highest BCUT2D eigenvalue weighted by atomic mass is 16.8. The van der Waals surface area contributed by atoms with Crippen molar-refractivity contribution in [1.29, 1.82) is 0 Å². The van der Waals surface area contributed by atoms with E-state index < -0.39 is 105 Å².